The fourth-order valence-corrected chi connectivity index (χ4v) is 5.32. The van der Waals surface area contributed by atoms with E-state index in [1.54, 1.807) is 12.2 Å². The molecule has 4 amide bonds. The van der Waals surface area contributed by atoms with E-state index in [4.69, 9.17) is 5.73 Å². The van der Waals surface area contributed by atoms with Crippen LogP contribution >= 0.6 is 0 Å². The minimum Gasteiger partial charge on any atom is -0.480 e. The Morgan fingerprint density at radius 3 is 2.24 bits per heavy atom. The van der Waals surface area contributed by atoms with Crippen LogP contribution in [-0.2, 0) is 24.0 Å². The summed E-state index contributed by atoms with van der Waals surface area (Å²) in [4.78, 5) is 67.9. The van der Waals surface area contributed by atoms with E-state index in [0.717, 1.165) is 6.42 Å². The smallest absolute Gasteiger partial charge is 0.326 e. The van der Waals surface area contributed by atoms with Crippen LogP contribution in [0.4, 0.5) is 0 Å². The SMILES string of the molecule is CCCC[C@@H]1NC(=O)[C@@H]2CCCN2C(=O)[C@@H](N)CCNC/C=C\C[C@@H](C(=O)O)NC(=O)[C@@H]2CCCN2C1=O. The number of carbonyl (C=O) groups excluding carboxylic acids is 4. The van der Waals surface area contributed by atoms with Gasteiger partial charge in [0.25, 0.3) is 0 Å². The van der Waals surface area contributed by atoms with Gasteiger partial charge >= 0.3 is 5.97 Å². The van der Waals surface area contributed by atoms with Gasteiger partial charge in [0.1, 0.15) is 24.2 Å². The summed E-state index contributed by atoms with van der Waals surface area (Å²) in [5.41, 5.74) is 6.16. The molecule has 38 heavy (non-hydrogen) atoms. The van der Waals surface area contributed by atoms with Crippen LogP contribution in [0.15, 0.2) is 12.2 Å². The molecule has 3 rings (SSSR count). The van der Waals surface area contributed by atoms with Gasteiger partial charge < -0.3 is 36.6 Å². The number of hydrogen-bond donors (Lipinski definition) is 5. The number of carboxylic acid groups (broad SMARTS) is 1. The number of nitrogens with zero attached hydrogens (tertiary/aromatic N) is 2. The van der Waals surface area contributed by atoms with Crippen molar-refractivity contribution >= 4 is 29.6 Å². The van der Waals surface area contributed by atoms with Crippen LogP contribution in [0, 0.1) is 0 Å². The summed E-state index contributed by atoms with van der Waals surface area (Å²) < 4.78 is 0. The summed E-state index contributed by atoms with van der Waals surface area (Å²) in [6.45, 7) is 3.68. The molecule has 3 aliphatic heterocycles. The summed E-state index contributed by atoms with van der Waals surface area (Å²) >= 11 is 0. The second-order valence-corrected chi connectivity index (χ2v) is 10.3. The van der Waals surface area contributed by atoms with Crippen molar-refractivity contribution in [3.05, 3.63) is 12.2 Å². The largest absolute Gasteiger partial charge is 0.480 e. The molecule has 212 valence electrons. The molecule has 0 aromatic carbocycles. The third kappa shape index (κ3) is 7.53. The fraction of sp³-hybridized carbons (Fsp3) is 0.731. The van der Waals surface area contributed by atoms with Gasteiger partial charge in [0.2, 0.25) is 23.6 Å². The highest BCUT2D eigenvalue weighted by molar-refractivity contribution is 5.96. The molecule has 12 heteroatoms. The molecule has 12 nitrogen and oxygen atoms in total. The van der Waals surface area contributed by atoms with E-state index in [-0.39, 0.29) is 24.1 Å². The number of nitrogens with one attached hydrogen (secondary N) is 3. The van der Waals surface area contributed by atoms with Crippen LogP contribution in [0.25, 0.3) is 0 Å². The van der Waals surface area contributed by atoms with Gasteiger partial charge in [0, 0.05) is 19.6 Å². The predicted molar refractivity (Wildman–Crippen MR) is 140 cm³/mol. The lowest BCUT2D eigenvalue weighted by Gasteiger charge is -2.31. The van der Waals surface area contributed by atoms with E-state index in [2.05, 4.69) is 16.0 Å². The van der Waals surface area contributed by atoms with E-state index in [1.807, 2.05) is 6.92 Å². The summed E-state index contributed by atoms with van der Waals surface area (Å²) in [6.07, 6.45) is 8.00. The van der Waals surface area contributed by atoms with E-state index in [1.165, 1.54) is 9.80 Å². The minimum atomic E-state index is -1.16. The topological polar surface area (TPSA) is 174 Å². The van der Waals surface area contributed by atoms with Gasteiger partial charge in [-0.05, 0) is 51.5 Å². The van der Waals surface area contributed by atoms with Crippen LogP contribution in [-0.4, -0.2) is 101 Å². The van der Waals surface area contributed by atoms with Gasteiger partial charge in [-0.2, -0.15) is 0 Å². The van der Waals surface area contributed by atoms with Crippen LogP contribution in [0.3, 0.4) is 0 Å². The zero-order chi connectivity index (χ0) is 27.7. The molecule has 3 aliphatic rings. The Bertz CT molecular complexity index is 911. The summed E-state index contributed by atoms with van der Waals surface area (Å²) in [5, 5.41) is 18.2. The molecule has 0 radical (unpaired) electrons. The molecule has 0 aliphatic carbocycles. The first-order chi connectivity index (χ1) is 18.2. The third-order valence-corrected chi connectivity index (χ3v) is 7.50. The van der Waals surface area contributed by atoms with Crippen molar-refractivity contribution < 1.29 is 29.1 Å². The number of rotatable bonds is 4. The van der Waals surface area contributed by atoms with Crippen LogP contribution in [0.2, 0.25) is 0 Å². The lowest BCUT2D eigenvalue weighted by Crippen LogP contribution is -2.58. The average Bonchev–Trinajstić information content (AvgIpc) is 3.58. The lowest BCUT2D eigenvalue weighted by molar-refractivity contribution is -0.145. The second-order valence-electron chi connectivity index (χ2n) is 10.3. The molecule has 0 bridgehead atoms. The Labute approximate surface area is 223 Å². The Morgan fingerprint density at radius 1 is 0.974 bits per heavy atom. The van der Waals surface area contributed by atoms with Gasteiger partial charge in [0.05, 0.1) is 6.04 Å². The maximum atomic E-state index is 13.6. The number of unbranched alkanes of at least 4 members (excludes halogenated alkanes) is 1. The highest BCUT2D eigenvalue weighted by Crippen LogP contribution is 2.22. The van der Waals surface area contributed by atoms with Crippen molar-refractivity contribution in [3.63, 3.8) is 0 Å². The Kier molecular flexibility index (Phi) is 11.1. The van der Waals surface area contributed by atoms with Crippen LogP contribution in [0.5, 0.6) is 0 Å². The van der Waals surface area contributed by atoms with E-state index in [0.29, 0.717) is 71.1 Å². The molecule has 0 aromatic rings. The van der Waals surface area contributed by atoms with E-state index in [9.17, 15) is 29.1 Å². The molecule has 0 aromatic heterocycles. The molecular formula is C26H42N6O6. The molecule has 5 atom stereocenters. The Hall–Kier alpha value is -2.99. The highest BCUT2D eigenvalue weighted by atomic mass is 16.4. The van der Waals surface area contributed by atoms with Crippen molar-refractivity contribution in [1.29, 1.82) is 0 Å². The summed E-state index contributed by atoms with van der Waals surface area (Å²) in [5.74, 6) is -2.70. The Morgan fingerprint density at radius 2 is 1.61 bits per heavy atom. The average molecular weight is 535 g/mol. The summed E-state index contributed by atoms with van der Waals surface area (Å²) in [6, 6.07) is -4.22. The predicted octanol–water partition coefficient (Wildman–Crippen LogP) is -0.520. The van der Waals surface area contributed by atoms with Gasteiger partial charge in [0.15, 0.2) is 0 Å². The molecule has 0 spiro atoms. The lowest BCUT2D eigenvalue weighted by atomic mass is 10.1. The fourth-order valence-electron chi connectivity index (χ4n) is 5.32. The maximum Gasteiger partial charge on any atom is 0.326 e. The van der Waals surface area contributed by atoms with Crippen molar-refractivity contribution in [1.82, 2.24) is 25.8 Å². The van der Waals surface area contributed by atoms with Crippen molar-refractivity contribution in [2.45, 2.75) is 94.9 Å². The number of hydrogen-bond acceptors (Lipinski definition) is 7. The second kappa shape index (κ2) is 14.2. The zero-order valence-electron chi connectivity index (χ0n) is 22.2. The number of aliphatic carboxylic acids is 1. The highest BCUT2D eigenvalue weighted by Gasteiger charge is 2.41. The first-order valence-electron chi connectivity index (χ1n) is 13.8. The first-order valence-corrected chi connectivity index (χ1v) is 13.8. The molecule has 6 N–H and O–H groups in total. The summed E-state index contributed by atoms with van der Waals surface area (Å²) in [7, 11) is 0. The molecule has 0 saturated carbocycles. The quantitative estimate of drug-likeness (QED) is 0.300. The normalized spacial score (nSPS) is 31.3. The minimum absolute atomic E-state index is 0.0902. The van der Waals surface area contributed by atoms with Gasteiger partial charge in [-0.25, -0.2) is 4.79 Å². The molecule has 2 saturated heterocycles. The third-order valence-electron chi connectivity index (χ3n) is 7.50. The first kappa shape index (κ1) is 29.6. The van der Waals surface area contributed by atoms with Crippen molar-refractivity contribution in [2.24, 2.45) is 5.73 Å². The Balaban J connectivity index is 1.85. The number of amides is 4. The maximum absolute atomic E-state index is 13.6. The standard InChI is InChI=1S/C26H42N6O6/c1-2-3-8-18-25(36)32-16-7-11-21(32)23(34)30-19(26(37)38)9-4-5-13-28-14-12-17(27)24(35)31-15-6-10-20(31)22(33)29-18/h4-5,17-21,28H,2-3,6-16,27H2,1H3,(H,29,33)(H,30,34)(H,37,38)/b5-4-/t17-,18-,19-,20-,21-/m0/s1. The molecular weight excluding hydrogens is 492 g/mol. The van der Waals surface area contributed by atoms with Crippen molar-refractivity contribution in [2.75, 3.05) is 26.2 Å². The van der Waals surface area contributed by atoms with Crippen LogP contribution < -0.4 is 21.7 Å². The van der Waals surface area contributed by atoms with E-state index < -0.39 is 42.1 Å². The van der Waals surface area contributed by atoms with Crippen LogP contribution in [0.1, 0.15) is 64.7 Å². The molecule has 0 unspecified atom stereocenters. The van der Waals surface area contributed by atoms with Gasteiger partial charge in [-0.15, -0.1) is 0 Å². The number of fused-ring (bicyclic) bond motifs is 2. The number of carboxylic acids is 1. The van der Waals surface area contributed by atoms with Gasteiger partial charge in [-0.1, -0.05) is 31.9 Å². The number of nitrogens with two attached hydrogens (primary N) is 1. The molecule has 2 fully saturated rings. The van der Waals surface area contributed by atoms with E-state index >= 15 is 0 Å². The number of carbonyl (C=O) groups is 5. The zero-order valence-corrected chi connectivity index (χ0v) is 22.2. The van der Waals surface area contributed by atoms with Crippen molar-refractivity contribution in [3.8, 4) is 0 Å². The van der Waals surface area contributed by atoms with Gasteiger partial charge in [-0.3, -0.25) is 19.2 Å². The molecule has 3 heterocycles. The monoisotopic (exact) mass is 534 g/mol.